The monoisotopic (exact) mass is 119 g/mol. The Morgan fingerprint density at radius 3 is 2.57 bits per heavy atom. The van der Waals surface area contributed by atoms with Crippen LogP contribution in [0.25, 0.3) is 0 Å². The van der Waals surface area contributed by atoms with Crippen molar-refractivity contribution in [2.45, 2.75) is 13.3 Å². The first-order valence-electron chi connectivity index (χ1n) is 2.18. The summed E-state index contributed by atoms with van der Waals surface area (Å²) in [5, 5.41) is 2.52. The van der Waals surface area contributed by atoms with Crippen LogP contribution in [0.15, 0.2) is 0 Å². The van der Waals surface area contributed by atoms with Gasteiger partial charge in [0.1, 0.15) is 0 Å². The third-order valence-electron chi connectivity index (χ3n) is 0.597. The molecule has 0 rings (SSSR count). The van der Waals surface area contributed by atoms with Gasteiger partial charge >= 0.3 is 0 Å². The predicted molar refractivity (Wildman–Crippen MR) is 32.3 cm³/mol. The van der Waals surface area contributed by atoms with Crippen molar-refractivity contribution in [3.8, 4) is 0 Å². The topological polar surface area (TPSA) is 29.1 Å². The minimum Gasteiger partial charge on any atom is -0.347 e. The second-order valence-electron chi connectivity index (χ2n) is 1.11. The lowest BCUT2D eigenvalue weighted by Gasteiger charge is -1.93. The Bertz CT molecular complexity index is 64.7. The first-order valence-corrected chi connectivity index (χ1v) is 2.82. The van der Waals surface area contributed by atoms with Crippen molar-refractivity contribution < 1.29 is 4.79 Å². The van der Waals surface area contributed by atoms with E-state index in [1.807, 2.05) is 0 Å². The van der Waals surface area contributed by atoms with Crippen LogP contribution < -0.4 is 5.32 Å². The molecule has 0 aliphatic heterocycles. The van der Waals surface area contributed by atoms with E-state index in [0.29, 0.717) is 12.3 Å². The smallest absolute Gasteiger partial charge is 0.220 e. The molecule has 0 spiro atoms. The molecule has 0 unspecified atom stereocenters. The van der Waals surface area contributed by atoms with E-state index in [1.54, 1.807) is 6.92 Å². The second kappa shape index (κ2) is 3.99. The highest BCUT2D eigenvalue weighted by Gasteiger charge is 1.88. The lowest BCUT2D eigenvalue weighted by atomic mass is 10.5. The van der Waals surface area contributed by atoms with E-state index < -0.39 is 0 Å². The van der Waals surface area contributed by atoms with Crippen LogP contribution in [-0.4, -0.2) is 11.8 Å². The minimum atomic E-state index is 0.0509. The summed E-state index contributed by atoms with van der Waals surface area (Å²) < 4.78 is 0. The van der Waals surface area contributed by atoms with Gasteiger partial charge in [0.25, 0.3) is 0 Å². The van der Waals surface area contributed by atoms with Gasteiger partial charge in [0.05, 0.1) is 5.88 Å². The summed E-state index contributed by atoms with van der Waals surface area (Å²) in [5.41, 5.74) is 0. The Labute approximate surface area is 48.7 Å². The van der Waals surface area contributed by atoms with Crippen molar-refractivity contribution in [3.05, 3.63) is 0 Å². The standard InChI is InChI=1S/C4H9NOS/c1-2-4(6)5-3-7/h7H,2-3H2,1H3,(H,5,6). The van der Waals surface area contributed by atoms with Crippen LogP contribution in [0.1, 0.15) is 13.3 Å². The summed E-state index contributed by atoms with van der Waals surface area (Å²) in [4.78, 5) is 10.3. The van der Waals surface area contributed by atoms with Crippen LogP contribution in [-0.2, 0) is 4.79 Å². The van der Waals surface area contributed by atoms with Crippen molar-refractivity contribution in [1.29, 1.82) is 0 Å². The van der Waals surface area contributed by atoms with Crippen LogP contribution in [0.4, 0.5) is 0 Å². The quantitative estimate of drug-likeness (QED) is 0.400. The van der Waals surface area contributed by atoms with E-state index in [2.05, 4.69) is 17.9 Å². The molecule has 3 heteroatoms. The normalized spacial score (nSPS) is 8.29. The maximum atomic E-state index is 10.3. The van der Waals surface area contributed by atoms with E-state index in [4.69, 9.17) is 0 Å². The SMILES string of the molecule is CCC(=O)NCS. The molecule has 42 valence electrons. The molecule has 0 aromatic rings. The summed E-state index contributed by atoms with van der Waals surface area (Å²) in [6, 6.07) is 0. The van der Waals surface area contributed by atoms with Crippen molar-refractivity contribution in [1.82, 2.24) is 5.32 Å². The van der Waals surface area contributed by atoms with E-state index in [1.165, 1.54) is 0 Å². The molecule has 1 amide bonds. The summed E-state index contributed by atoms with van der Waals surface area (Å²) in [6.07, 6.45) is 0.542. The Hall–Kier alpha value is -0.180. The third-order valence-corrected chi connectivity index (χ3v) is 0.755. The van der Waals surface area contributed by atoms with E-state index in [9.17, 15) is 4.79 Å². The number of carbonyl (C=O) groups is 1. The average Bonchev–Trinajstić information content (AvgIpc) is 1.68. The summed E-state index contributed by atoms with van der Waals surface area (Å²) in [7, 11) is 0. The van der Waals surface area contributed by atoms with Crippen LogP contribution >= 0.6 is 12.6 Å². The van der Waals surface area contributed by atoms with Crippen LogP contribution in [0.2, 0.25) is 0 Å². The van der Waals surface area contributed by atoms with Gasteiger partial charge in [-0.05, 0) is 0 Å². The van der Waals surface area contributed by atoms with Crippen LogP contribution in [0, 0.1) is 0 Å². The number of hydrogen-bond acceptors (Lipinski definition) is 2. The molecule has 0 aromatic carbocycles. The highest BCUT2D eigenvalue weighted by Crippen LogP contribution is 1.73. The van der Waals surface area contributed by atoms with Crippen molar-refractivity contribution in [2.75, 3.05) is 5.88 Å². The molecular weight excluding hydrogens is 110 g/mol. The lowest BCUT2D eigenvalue weighted by molar-refractivity contribution is -0.120. The summed E-state index contributed by atoms with van der Waals surface area (Å²) >= 11 is 3.78. The number of carbonyl (C=O) groups excluding carboxylic acids is 1. The Balaban J connectivity index is 3.00. The van der Waals surface area contributed by atoms with E-state index in [0.717, 1.165) is 0 Å². The number of thiol groups is 1. The fourth-order valence-electron chi connectivity index (χ4n) is 0.213. The van der Waals surface area contributed by atoms with Gasteiger partial charge in [0.2, 0.25) is 5.91 Å². The molecule has 0 atom stereocenters. The fourth-order valence-corrected chi connectivity index (χ4v) is 0.390. The highest BCUT2D eigenvalue weighted by atomic mass is 32.1. The zero-order valence-corrected chi connectivity index (χ0v) is 5.16. The van der Waals surface area contributed by atoms with E-state index in [-0.39, 0.29) is 5.91 Å². The molecule has 0 radical (unpaired) electrons. The minimum absolute atomic E-state index is 0.0509. The van der Waals surface area contributed by atoms with Gasteiger partial charge in [-0.25, -0.2) is 0 Å². The molecule has 2 nitrogen and oxygen atoms in total. The molecule has 0 aliphatic rings. The van der Waals surface area contributed by atoms with Gasteiger partial charge < -0.3 is 5.32 Å². The highest BCUT2D eigenvalue weighted by molar-refractivity contribution is 7.80. The molecular formula is C4H9NOS. The molecule has 1 N–H and O–H groups in total. The van der Waals surface area contributed by atoms with Crippen molar-refractivity contribution >= 4 is 18.5 Å². The Kier molecular flexibility index (Phi) is 3.89. The maximum Gasteiger partial charge on any atom is 0.220 e. The number of rotatable bonds is 2. The molecule has 0 heterocycles. The lowest BCUT2D eigenvalue weighted by Crippen LogP contribution is -2.19. The molecule has 7 heavy (non-hydrogen) atoms. The zero-order valence-electron chi connectivity index (χ0n) is 4.27. The van der Waals surface area contributed by atoms with Gasteiger partial charge in [0.15, 0.2) is 0 Å². The van der Waals surface area contributed by atoms with Crippen molar-refractivity contribution in [3.63, 3.8) is 0 Å². The largest absolute Gasteiger partial charge is 0.347 e. The van der Waals surface area contributed by atoms with Crippen LogP contribution in [0.3, 0.4) is 0 Å². The predicted octanol–water partition coefficient (Wildman–Crippen LogP) is 0.400. The molecule has 0 aliphatic carbocycles. The summed E-state index contributed by atoms with van der Waals surface area (Å²) in [6.45, 7) is 1.80. The first-order chi connectivity index (χ1) is 3.31. The van der Waals surface area contributed by atoms with Gasteiger partial charge in [0, 0.05) is 6.42 Å². The molecule has 0 fully saturated rings. The summed E-state index contributed by atoms with van der Waals surface area (Å²) in [5.74, 6) is 0.488. The molecule has 0 bridgehead atoms. The number of nitrogens with one attached hydrogen (secondary N) is 1. The number of hydrogen-bond donors (Lipinski definition) is 2. The molecule has 0 saturated heterocycles. The first kappa shape index (κ1) is 6.82. The van der Waals surface area contributed by atoms with Gasteiger partial charge in [-0.1, -0.05) is 6.92 Å². The third kappa shape index (κ3) is 3.66. The zero-order chi connectivity index (χ0) is 5.70. The number of amides is 1. The maximum absolute atomic E-state index is 10.3. The van der Waals surface area contributed by atoms with Gasteiger partial charge in [-0.15, -0.1) is 0 Å². The van der Waals surface area contributed by atoms with Crippen molar-refractivity contribution in [2.24, 2.45) is 0 Å². The molecule has 0 aromatic heterocycles. The average molecular weight is 119 g/mol. The van der Waals surface area contributed by atoms with E-state index >= 15 is 0 Å². The van der Waals surface area contributed by atoms with Crippen LogP contribution in [0.5, 0.6) is 0 Å². The Morgan fingerprint density at radius 2 is 2.43 bits per heavy atom. The second-order valence-corrected chi connectivity index (χ2v) is 1.43. The van der Waals surface area contributed by atoms with Gasteiger partial charge in [-0.2, -0.15) is 12.6 Å². The Morgan fingerprint density at radius 1 is 1.86 bits per heavy atom. The fraction of sp³-hybridized carbons (Fsp3) is 0.750. The van der Waals surface area contributed by atoms with Gasteiger partial charge in [-0.3, -0.25) is 4.79 Å². The molecule has 0 saturated carbocycles.